The molecule has 1 N–H and O–H groups in total. The van der Waals surface area contributed by atoms with E-state index in [-0.39, 0.29) is 6.04 Å². The van der Waals surface area contributed by atoms with E-state index in [1.807, 2.05) is 13.1 Å². The fraction of sp³-hybridized carbons (Fsp3) is 0.562. The minimum Gasteiger partial charge on any atom is -0.337 e. The van der Waals surface area contributed by atoms with Crippen LogP contribution >= 0.6 is 0 Å². The zero-order chi connectivity index (χ0) is 15.1. The Balaban J connectivity index is 1.75. The number of hydrogen-bond acceptors (Lipinski definition) is 6. The molecule has 0 saturated carbocycles. The van der Waals surface area contributed by atoms with Gasteiger partial charge in [0.1, 0.15) is 0 Å². The van der Waals surface area contributed by atoms with Crippen LogP contribution in [0.2, 0.25) is 0 Å². The van der Waals surface area contributed by atoms with Crippen molar-refractivity contribution in [3.05, 3.63) is 28.9 Å². The molecule has 0 aromatic carbocycles. The van der Waals surface area contributed by atoms with Gasteiger partial charge in [-0.15, -0.1) is 0 Å². The molecule has 4 heterocycles. The number of aromatic nitrogens is 3. The zero-order valence-electron chi connectivity index (χ0n) is 13.1. The van der Waals surface area contributed by atoms with Crippen LogP contribution in [0.25, 0.3) is 11.4 Å². The van der Waals surface area contributed by atoms with Gasteiger partial charge in [-0.1, -0.05) is 5.16 Å². The summed E-state index contributed by atoms with van der Waals surface area (Å²) in [5.41, 5.74) is 4.61. The lowest BCUT2D eigenvalue weighted by atomic mass is 9.95. The van der Waals surface area contributed by atoms with Gasteiger partial charge in [0.05, 0.1) is 6.04 Å². The second-order valence-electron chi connectivity index (χ2n) is 6.24. The van der Waals surface area contributed by atoms with E-state index in [0.29, 0.717) is 5.82 Å². The van der Waals surface area contributed by atoms with Gasteiger partial charge in [-0.05, 0) is 57.5 Å². The molecule has 4 rings (SSSR count). The Morgan fingerprint density at radius 1 is 1.41 bits per heavy atom. The van der Waals surface area contributed by atoms with E-state index >= 15 is 0 Å². The van der Waals surface area contributed by atoms with E-state index in [1.54, 1.807) is 0 Å². The molecule has 0 radical (unpaired) electrons. The molecule has 0 spiro atoms. The average molecular weight is 299 g/mol. The van der Waals surface area contributed by atoms with E-state index in [9.17, 15) is 0 Å². The molecule has 22 heavy (non-hydrogen) atoms. The van der Waals surface area contributed by atoms with Gasteiger partial charge in [-0.2, -0.15) is 4.98 Å². The van der Waals surface area contributed by atoms with E-state index < -0.39 is 0 Å². The second-order valence-corrected chi connectivity index (χ2v) is 6.24. The van der Waals surface area contributed by atoms with Crippen molar-refractivity contribution in [2.75, 3.05) is 20.1 Å². The van der Waals surface area contributed by atoms with Crippen LogP contribution in [-0.4, -0.2) is 40.2 Å². The van der Waals surface area contributed by atoms with Crippen LogP contribution in [0.3, 0.4) is 0 Å². The van der Waals surface area contributed by atoms with Crippen molar-refractivity contribution < 1.29 is 4.52 Å². The SMILES string of the molecule is Cc1ncc2c(c1-c1noc([C@@H]3CCCN3C)n1)CCNC2. The number of aryl methyl sites for hydroxylation is 1. The molecule has 116 valence electrons. The predicted molar refractivity (Wildman–Crippen MR) is 82.3 cm³/mol. The largest absolute Gasteiger partial charge is 0.337 e. The first-order valence-electron chi connectivity index (χ1n) is 7.96. The van der Waals surface area contributed by atoms with Crippen LogP contribution in [0.1, 0.15) is 41.6 Å². The summed E-state index contributed by atoms with van der Waals surface area (Å²) in [6.45, 7) is 4.97. The summed E-state index contributed by atoms with van der Waals surface area (Å²) in [7, 11) is 2.12. The summed E-state index contributed by atoms with van der Waals surface area (Å²) >= 11 is 0. The maximum Gasteiger partial charge on any atom is 0.244 e. The first kappa shape index (κ1) is 13.8. The third-order valence-electron chi connectivity index (χ3n) is 4.80. The van der Waals surface area contributed by atoms with Crippen molar-refractivity contribution in [3.63, 3.8) is 0 Å². The highest BCUT2D eigenvalue weighted by Crippen LogP contribution is 2.33. The van der Waals surface area contributed by atoms with E-state index in [0.717, 1.165) is 49.6 Å². The van der Waals surface area contributed by atoms with Crippen LogP contribution in [0.15, 0.2) is 10.7 Å². The highest BCUT2D eigenvalue weighted by Gasteiger charge is 2.29. The Morgan fingerprint density at radius 2 is 2.32 bits per heavy atom. The molecule has 0 amide bonds. The summed E-state index contributed by atoms with van der Waals surface area (Å²) in [6.07, 6.45) is 5.23. The first-order chi connectivity index (χ1) is 10.7. The van der Waals surface area contributed by atoms with Gasteiger partial charge in [0, 0.05) is 24.0 Å². The molecule has 1 saturated heterocycles. The highest BCUT2D eigenvalue weighted by atomic mass is 16.5. The molecule has 1 atom stereocenters. The minimum atomic E-state index is 0.260. The Morgan fingerprint density at radius 3 is 3.14 bits per heavy atom. The lowest BCUT2D eigenvalue weighted by Crippen LogP contribution is -2.25. The predicted octanol–water partition coefficient (Wildman–Crippen LogP) is 1.85. The molecule has 1 fully saturated rings. The molecular formula is C16H21N5O. The number of likely N-dealkylation sites (tertiary alicyclic amines) is 1. The third-order valence-corrected chi connectivity index (χ3v) is 4.80. The molecule has 2 aromatic heterocycles. The summed E-state index contributed by atoms with van der Waals surface area (Å²) in [5.74, 6) is 1.43. The summed E-state index contributed by atoms with van der Waals surface area (Å²) < 4.78 is 5.57. The maximum atomic E-state index is 5.57. The second kappa shape index (κ2) is 5.44. The molecule has 6 heteroatoms. The van der Waals surface area contributed by atoms with Crippen molar-refractivity contribution in [1.29, 1.82) is 0 Å². The molecule has 0 aliphatic carbocycles. The molecular weight excluding hydrogens is 278 g/mol. The van der Waals surface area contributed by atoms with Crippen LogP contribution in [-0.2, 0) is 13.0 Å². The number of pyridine rings is 1. The van der Waals surface area contributed by atoms with Gasteiger partial charge in [-0.3, -0.25) is 9.88 Å². The fourth-order valence-electron chi connectivity index (χ4n) is 3.56. The Labute approximate surface area is 129 Å². The number of nitrogens with zero attached hydrogens (tertiary/aromatic N) is 4. The van der Waals surface area contributed by atoms with Crippen LogP contribution in [0, 0.1) is 6.92 Å². The smallest absolute Gasteiger partial charge is 0.244 e. The lowest BCUT2D eigenvalue weighted by Gasteiger charge is -2.19. The molecule has 2 aliphatic rings. The summed E-state index contributed by atoms with van der Waals surface area (Å²) in [5, 5.41) is 7.65. The van der Waals surface area contributed by atoms with Crippen LogP contribution < -0.4 is 5.32 Å². The number of hydrogen-bond donors (Lipinski definition) is 1. The average Bonchev–Trinajstić information content (AvgIpc) is 3.16. The van der Waals surface area contributed by atoms with E-state index in [2.05, 4.69) is 27.4 Å². The van der Waals surface area contributed by atoms with E-state index in [4.69, 9.17) is 9.51 Å². The van der Waals surface area contributed by atoms with Gasteiger partial charge >= 0.3 is 0 Å². The summed E-state index contributed by atoms with van der Waals surface area (Å²) in [6, 6.07) is 0.260. The molecule has 0 unspecified atom stereocenters. The number of nitrogens with one attached hydrogen (secondary N) is 1. The highest BCUT2D eigenvalue weighted by molar-refractivity contribution is 5.64. The van der Waals surface area contributed by atoms with Crippen molar-refractivity contribution >= 4 is 0 Å². The van der Waals surface area contributed by atoms with Gasteiger partial charge in [0.15, 0.2) is 0 Å². The standard InChI is InChI=1S/C16H21N5O/c1-10-14(12-5-6-17-8-11(12)9-18-10)15-19-16(22-20-15)13-4-3-7-21(13)2/h9,13,17H,3-8H2,1-2H3/t13-/m0/s1. The quantitative estimate of drug-likeness (QED) is 0.913. The zero-order valence-corrected chi connectivity index (χ0v) is 13.1. The molecule has 2 aromatic rings. The van der Waals surface area contributed by atoms with Crippen LogP contribution in [0.4, 0.5) is 0 Å². The van der Waals surface area contributed by atoms with Gasteiger partial charge in [0.25, 0.3) is 0 Å². The van der Waals surface area contributed by atoms with Crippen LogP contribution in [0.5, 0.6) is 0 Å². The van der Waals surface area contributed by atoms with Crippen molar-refractivity contribution in [2.24, 2.45) is 0 Å². The first-order valence-corrected chi connectivity index (χ1v) is 7.96. The van der Waals surface area contributed by atoms with Gasteiger partial charge < -0.3 is 9.84 Å². The van der Waals surface area contributed by atoms with Gasteiger partial charge in [0.2, 0.25) is 11.7 Å². The topological polar surface area (TPSA) is 67.1 Å². The normalized spacial score (nSPS) is 22.0. The van der Waals surface area contributed by atoms with Crippen molar-refractivity contribution in [3.8, 4) is 11.4 Å². The van der Waals surface area contributed by atoms with Crippen molar-refractivity contribution in [2.45, 2.75) is 38.8 Å². The molecule has 6 nitrogen and oxygen atoms in total. The fourth-order valence-corrected chi connectivity index (χ4v) is 3.56. The Kier molecular flexibility index (Phi) is 3.43. The number of rotatable bonds is 2. The molecule has 0 bridgehead atoms. The summed E-state index contributed by atoms with van der Waals surface area (Å²) in [4.78, 5) is 11.5. The monoisotopic (exact) mass is 299 g/mol. The third kappa shape index (κ3) is 2.23. The van der Waals surface area contributed by atoms with Gasteiger partial charge in [-0.25, -0.2) is 0 Å². The maximum absolute atomic E-state index is 5.57. The Hall–Kier alpha value is -1.79. The van der Waals surface area contributed by atoms with Crippen molar-refractivity contribution in [1.82, 2.24) is 25.3 Å². The van der Waals surface area contributed by atoms with E-state index in [1.165, 1.54) is 17.5 Å². The minimum absolute atomic E-state index is 0.260. The lowest BCUT2D eigenvalue weighted by molar-refractivity contribution is 0.245. The number of fused-ring (bicyclic) bond motifs is 1. The Bertz CT molecular complexity index is 696. The molecule has 2 aliphatic heterocycles.